The van der Waals surface area contributed by atoms with Crippen molar-refractivity contribution in [3.63, 3.8) is 0 Å². The Morgan fingerprint density at radius 1 is 1.07 bits per heavy atom. The molecule has 1 nitrogen and oxygen atoms in total. The molecule has 0 amide bonds. The molecule has 0 rings (SSSR count). The van der Waals surface area contributed by atoms with E-state index in [4.69, 9.17) is 0 Å². The van der Waals surface area contributed by atoms with Gasteiger partial charge in [0.2, 0.25) is 0 Å². The molecule has 1 N–H and O–H groups in total. The maximum Gasteiger partial charge on any atom is -0.00493 e. The van der Waals surface area contributed by atoms with Crippen molar-refractivity contribution in [2.24, 2.45) is 11.8 Å². The molecule has 0 fully saturated rings. The van der Waals surface area contributed by atoms with Gasteiger partial charge < -0.3 is 5.32 Å². The molecule has 2 unspecified atom stereocenters. The highest BCUT2D eigenvalue weighted by Crippen LogP contribution is 2.23. The van der Waals surface area contributed by atoms with Crippen LogP contribution in [0.3, 0.4) is 0 Å². The molecule has 2 atom stereocenters. The molecule has 0 heterocycles. The molecule has 0 aliphatic rings. The first-order chi connectivity index (χ1) is 6.49. The summed E-state index contributed by atoms with van der Waals surface area (Å²) in [6, 6.07) is 0. The van der Waals surface area contributed by atoms with Gasteiger partial charge in [0.1, 0.15) is 0 Å². The molecule has 0 aromatic carbocycles. The minimum Gasteiger partial charge on any atom is -0.320 e. The van der Waals surface area contributed by atoms with Crippen molar-refractivity contribution in [3.8, 4) is 0 Å². The standard InChI is InChI=1S/C13H27N/c1-10(2)12(4)9-13(5)11(3)7-8-14-6/h11,13-14H,7-9H2,1-6H3. The van der Waals surface area contributed by atoms with Gasteiger partial charge in [-0.2, -0.15) is 0 Å². The van der Waals surface area contributed by atoms with Crippen molar-refractivity contribution in [1.82, 2.24) is 5.32 Å². The van der Waals surface area contributed by atoms with Crippen LogP contribution in [-0.4, -0.2) is 13.6 Å². The van der Waals surface area contributed by atoms with Gasteiger partial charge in [-0.3, -0.25) is 0 Å². The van der Waals surface area contributed by atoms with E-state index in [1.807, 2.05) is 7.05 Å². The van der Waals surface area contributed by atoms with Gasteiger partial charge >= 0.3 is 0 Å². The van der Waals surface area contributed by atoms with Crippen LogP contribution in [0.15, 0.2) is 11.1 Å². The molecule has 0 saturated carbocycles. The van der Waals surface area contributed by atoms with Crippen molar-refractivity contribution >= 4 is 0 Å². The highest BCUT2D eigenvalue weighted by Gasteiger charge is 2.12. The molecule has 0 aromatic heterocycles. The van der Waals surface area contributed by atoms with Gasteiger partial charge in [-0.05, 0) is 59.0 Å². The fourth-order valence-corrected chi connectivity index (χ4v) is 1.54. The maximum atomic E-state index is 3.22. The number of rotatable bonds is 6. The molecule has 0 aromatic rings. The summed E-state index contributed by atoms with van der Waals surface area (Å²) in [6.45, 7) is 12.5. The normalized spacial score (nSPS) is 15.0. The van der Waals surface area contributed by atoms with Crippen molar-refractivity contribution in [2.45, 2.75) is 47.5 Å². The summed E-state index contributed by atoms with van der Waals surface area (Å²) in [7, 11) is 2.03. The topological polar surface area (TPSA) is 12.0 Å². The van der Waals surface area contributed by atoms with Gasteiger partial charge in [-0.1, -0.05) is 25.0 Å². The Bertz CT molecular complexity index is 178. The zero-order valence-electron chi connectivity index (χ0n) is 10.8. The van der Waals surface area contributed by atoms with Crippen LogP contribution in [0.4, 0.5) is 0 Å². The molecular formula is C13H27N. The van der Waals surface area contributed by atoms with Crippen LogP contribution in [0.5, 0.6) is 0 Å². The van der Waals surface area contributed by atoms with Gasteiger partial charge in [0.15, 0.2) is 0 Å². The minimum absolute atomic E-state index is 0.804. The molecule has 1 heteroatoms. The van der Waals surface area contributed by atoms with Crippen LogP contribution in [0, 0.1) is 11.8 Å². The molecule has 0 saturated heterocycles. The Balaban J connectivity index is 3.95. The monoisotopic (exact) mass is 197 g/mol. The lowest BCUT2D eigenvalue weighted by atomic mass is 9.87. The van der Waals surface area contributed by atoms with E-state index in [1.54, 1.807) is 5.57 Å². The highest BCUT2D eigenvalue weighted by atomic mass is 14.8. The van der Waals surface area contributed by atoms with Crippen LogP contribution in [0.2, 0.25) is 0 Å². The molecule has 0 bridgehead atoms. The summed E-state index contributed by atoms with van der Waals surface area (Å²) < 4.78 is 0. The second-order valence-corrected chi connectivity index (χ2v) is 4.83. The fourth-order valence-electron chi connectivity index (χ4n) is 1.54. The van der Waals surface area contributed by atoms with E-state index in [0.717, 1.165) is 18.4 Å². The average Bonchev–Trinajstić information content (AvgIpc) is 2.13. The predicted molar refractivity (Wildman–Crippen MR) is 65.5 cm³/mol. The third kappa shape index (κ3) is 5.43. The van der Waals surface area contributed by atoms with E-state index in [1.165, 1.54) is 18.4 Å². The summed E-state index contributed by atoms with van der Waals surface area (Å²) >= 11 is 0. The van der Waals surface area contributed by atoms with E-state index in [-0.39, 0.29) is 0 Å². The molecule has 0 radical (unpaired) electrons. The van der Waals surface area contributed by atoms with Crippen LogP contribution in [-0.2, 0) is 0 Å². The average molecular weight is 197 g/mol. The Labute approximate surface area is 90.0 Å². The Kier molecular flexibility index (Phi) is 6.90. The Morgan fingerprint density at radius 2 is 1.64 bits per heavy atom. The molecule has 0 spiro atoms. The smallest absolute Gasteiger partial charge is 0.00493 e. The lowest BCUT2D eigenvalue weighted by molar-refractivity contribution is 0.358. The lowest BCUT2D eigenvalue weighted by Crippen LogP contribution is -2.16. The number of hydrogen-bond acceptors (Lipinski definition) is 1. The van der Waals surface area contributed by atoms with E-state index in [9.17, 15) is 0 Å². The number of nitrogens with one attached hydrogen (secondary N) is 1. The predicted octanol–water partition coefficient (Wildman–Crippen LogP) is 3.61. The first-order valence-corrected chi connectivity index (χ1v) is 5.76. The molecule has 14 heavy (non-hydrogen) atoms. The van der Waals surface area contributed by atoms with E-state index in [2.05, 4.69) is 39.9 Å². The molecule has 0 aliphatic carbocycles. The second-order valence-electron chi connectivity index (χ2n) is 4.83. The molecular weight excluding hydrogens is 170 g/mol. The van der Waals surface area contributed by atoms with Crippen molar-refractivity contribution < 1.29 is 0 Å². The Hall–Kier alpha value is -0.300. The largest absolute Gasteiger partial charge is 0.320 e. The summed E-state index contributed by atoms with van der Waals surface area (Å²) in [5, 5.41) is 3.22. The first kappa shape index (κ1) is 13.7. The highest BCUT2D eigenvalue weighted by molar-refractivity contribution is 5.07. The maximum absolute atomic E-state index is 3.22. The second kappa shape index (κ2) is 7.05. The summed E-state index contributed by atoms with van der Waals surface area (Å²) in [5.74, 6) is 1.62. The van der Waals surface area contributed by atoms with E-state index < -0.39 is 0 Å². The van der Waals surface area contributed by atoms with Gasteiger partial charge in [-0.25, -0.2) is 0 Å². The van der Waals surface area contributed by atoms with Crippen LogP contribution < -0.4 is 5.32 Å². The summed E-state index contributed by atoms with van der Waals surface area (Å²) in [4.78, 5) is 0. The van der Waals surface area contributed by atoms with Gasteiger partial charge in [0, 0.05) is 0 Å². The number of allylic oxidation sites excluding steroid dienone is 2. The lowest BCUT2D eigenvalue weighted by Gasteiger charge is -2.20. The quantitative estimate of drug-likeness (QED) is 0.641. The minimum atomic E-state index is 0.804. The van der Waals surface area contributed by atoms with Gasteiger partial charge in [0.25, 0.3) is 0 Å². The van der Waals surface area contributed by atoms with Crippen LogP contribution >= 0.6 is 0 Å². The fraction of sp³-hybridized carbons (Fsp3) is 0.846. The van der Waals surface area contributed by atoms with Gasteiger partial charge in [-0.15, -0.1) is 0 Å². The van der Waals surface area contributed by atoms with Crippen LogP contribution in [0.1, 0.15) is 47.5 Å². The first-order valence-electron chi connectivity index (χ1n) is 5.76. The molecule has 84 valence electrons. The number of hydrogen-bond donors (Lipinski definition) is 1. The van der Waals surface area contributed by atoms with E-state index in [0.29, 0.717) is 0 Å². The summed E-state index contributed by atoms with van der Waals surface area (Å²) in [5.41, 5.74) is 3.05. The van der Waals surface area contributed by atoms with Crippen molar-refractivity contribution in [3.05, 3.63) is 11.1 Å². The molecule has 0 aliphatic heterocycles. The van der Waals surface area contributed by atoms with Crippen molar-refractivity contribution in [1.29, 1.82) is 0 Å². The zero-order valence-corrected chi connectivity index (χ0v) is 10.8. The Morgan fingerprint density at radius 3 is 2.07 bits per heavy atom. The SMILES string of the molecule is CNCCC(C)C(C)CC(C)=C(C)C. The zero-order chi connectivity index (χ0) is 11.1. The van der Waals surface area contributed by atoms with Crippen LogP contribution in [0.25, 0.3) is 0 Å². The van der Waals surface area contributed by atoms with Gasteiger partial charge in [0.05, 0.1) is 0 Å². The third-order valence-corrected chi connectivity index (χ3v) is 3.30. The van der Waals surface area contributed by atoms with Crippen molar-refractivity contribution in [2.75, 3.05) is 13.6 Å². The van der Waals surface area contributed by atoms with E-state index >= 15 is 0 Å². The third-order valence-electron chi connectivity index (χ3n) is 3.30. The summed E-state index contributed by atoms with van der Waals surface area (Å²) in [6.07, 6.45) is 2.54.